The summed E-state index contributed by atoms with van der Waals surface area (Å²) in [5, 5.41) is 7.68. The molecule has 1 aromatic heterocycles. The van der Waals surface area contributed by atoms with Crippen molar-refractivity contribution in [2.75, 3.05) is 4.72 Å². The summed E-state index contributed by atoms with van der Waals surface area (Å²) >= 11 is 3.27. The van der Waals surface area contributed by atoms with Crippen LogP contribution in [0.2, 0.25) is 0 Å². The number of halogens is 1. The van der Waals surface area contributed by atoms with E-state index >= 15 is 0 Å². The second kappa shape index (κ2) is 5.47. The number of sulfonamides is 1. The van der Waals surface area contributed by atoms with E-state index in [2.05, 4.69) is 25.6 Å². The standard InChI is InChI=1S/C10H12BrN3O2S/c1-3-8(5-12)17(15,16)14-10-4-7(2)9(11)6-13-10/h4,6,8H,3H2,1-2H3,(H,13,14). The van der Waals surface area contributed by atoms with E-state index in [0.29, 0.717) is 0 Å². The summed E-state index contributed by atoms with van der Waals surface area (Å²) in [7, 11) is -3.69. The predicted molar refractivity (Wildman–Crippen MR) is 68.9 cm³/mol. The van der Waals surface area contributed by atoms with Crippen LogP contribution < -0.4 is 4.72 Å². The molecule has 1 rings (SSSR count). The monoisotopic (exact) mass is 317 g/mol. The SMILES string of the molecule is CCC(C#N)S(=O)(=O)Nc1cc(C)c(Br)cn1. The number of pyridine rings is 1. The molecule has 1 unspecified atom stereocenters. The number of hydrogen-bond acceptors (Lipinski definition) is 4. The molecule has 0 aliphatic heterocycles. The molecule has 0 aliphatic carbocycles. The van der Waals surface area contributed by atoms with Gasteiger partial charge in [0.1, 0.15) is 5.82 Å². The number of nitrogens with zero attached hydrogens (tertiary/aromatic N) is 2. The minimum Gasteiger partial charge on any atom is -0.266 e. The topological polar surface area (TPSA) is 82.8 Å². The molecular weight excluding hydrogens is 306 g/mol. The molecule has 0 aromatic carbocycles. The zero-order valence-electron chi connectivity index (χ0n) is 9.44. The van der Waals surface area contributed by atoms with Gasteiger partial charge in [0.05, 0.1) is 6.07 Å². The van der Waals surface area contributed by atoms with Crippen LogP contribution in [-0.2, 0) is 10.0 Å². The van der Waals surface area contributed by atoms with Gasteiger partial charge >= 0.3 is 0 Å². The van der Waals surface area contributed by atoms with Crippen molar-refractivity contribution in [2.24, 2.45) is 0 Å². The maximum atomic E-state index is 11.8. The van der Waals surface area contributed by atoms with Gasteiger partial charge in [0, 0.05) is 10.7 Å². The number of nitrogens with one attached hydrogen (secondary N) is 1. The molecule has 0 spiro atoms. The summed E-state index contributed by atoms with van der Waals surface area (Å²) in [5.41, 5.74) is 0.864. The van der Waals surface area contributed by atoms with E-state index in [1.54, 1.807) is 19.1 Å². The Balaban J connectivity index is 2.99. The van der Waals surface area contributed by atoms with Gasteiger partial charge in [-0.2, -0.15) is 5.26 Å². The Kier molecular flexibility index (Phi) is 4.48. The second-order valence-corrected chi connectivity index (χ2v) is 6.21. The quantitative estimate of drug-likeness (QED) is 0.922. The fraction of sp³-hybridized carbons (Fsp3) is 0.400. The normalized spacial score (nSPS) is 12.8. The van der Waals surface area contributed by atoms with Crippen LogP contribution in [0, 0.1) is 18.3 Å². The minimum atomic E-state index is -3.69. The highest BCUT2D eigenvalue weighted by Crippen LogP contribution is 2.19. The first-order valence-electron chi connectivity index (χ1n) is 4.94. The molecule has 1 N–H and O–H groups in total. The highest BCUT2D eigenvalue weighted by atomic mass is 79.9. The van der Waals surface area contributed by atoms with Crippen molar-refractivity contribution in [3.05, 3.63) is 22.3 Å². The molecule has 92 valence electrons. The molecule has 7 heteroatoms. The Morgan fingerprint density at radius 1 is 1.65 bits per heavy atom. The molecule has 0 amide bonds. The molecule has 1 aromatic rings. The lowest BCUT2D eigenvalue weighted by Gasteiger charge is -2.11. The van der Waals surface area contributed by atoms with Crippen molar-refractivity contribution in [3.8, 4) is 6.07 Å². The van der Waals surface area contributed by atoms with Crippen molar-refractivity contribution in [3.63, 3.8) is 0 Å². The van der Waals surface area contributed by atoms with Gasteiger partial charge in [-0.1, -0.05) is 6.92 Å². The highest BCUT2D eigenvalue weighted by Gasteiger charge is 2.23. The third-order valence-corrected chi connectivity index (χ3v) is 4.69. The second-order valence-electron chi connectivity index (χ2n) is 3.49. The van der Waals surface area contributed by atoms with Gasteiger partial charge in [0.2, 0.25) is 10.0 Å². The fourth-order valence-corrected chi connectivity index (χ4v) is 2.53. The van der Waals surface area contributed by atoms with E-state index in [1.807, 2.05) is 6.92 Å². The zero-order chi connectivity index (χ0) is 13.1. The minimum absolute atomic E-state index is 0.222. The number of aromatic nitrogens is 1. The Hall–Kier alpha value is -1.13. The van der Waals surface area contributed by atoms with E-state index in [0.717, 1.165) is 10.0 Å². The third kappa shape index (κ3) is 3.41. The van der Waals surface area contributed by atoms with Crippen molar-refractivity contribution in [1.29, 1.82) is 5.26 Å². The van der Waals surface area contributed by atoms with E-state index in [4.69, 9.17) is 5.26 Å². The zero-order valence-corrected chi connectivity index (χ0v) is 11.8. The molecule has 1 heterocycles. The summed E-state index contributed by atoms with van der Waals surface area (Å²) in [6, 6.07) is 3.35. The Bertz CT molecular complexity index is 551. The number of nitriles is 1. The molecule has 17 heavy (non-hydrogen) atoms. The lowest BCUT2D eigenvalue weighted by molar-refractivity contribution is 0.592. The van der Waals surface area contributed by atoms with E-state index in [9.17, 15) is 8.42 Å². The van der Waals surface area contributed by atoms with Gasteiger partial charge in [-0.3, -0.25) is 4.72 Å². The van der Waals surface area contributed by atoms with Gasteiger partial charge in [0.25, 0.3) is 0 Å². The van der Waals surface area contributed by atoms with Crippen LogP contribution in [0.15, 0.2) is 16.7 Å². The number of anilines is 1. The molecular formula is C10H12BrN3O2S. The van der Waals surface area contributed by atoms with Crippen LogP contribution in [0.1, 0.15) is 18.9 Å². The Morgan fingerprint density at radius 2 is 2.29 bits per heavy atom. The van der Waals surface area contributed by atoms with Crippen LogP contribution in [0.5, 0.6) is 0 Å². The average molecular weight is 318 g/mol. The van der Waals surface area contributed by atoms with E-state index in [-0.39, 0.29) is 12.2 Å². The molecule has 0 saturated heterocycles. The van der Waals surface area contributed by atoms with Crippen LogP contribution >= 0.6 is 15.9 Å². The van der Waals surface area contributed by atoms with Crippen molar-refractivity contribution < 1.29 is 8.42 Å². The molecule has 1 atom stereocenters. The number of rotatable bonds is 4. The average Bonchev–Trinajstić information content (AvgIpc) is 2.24. The Morgan fingerprint density at radius 3 is 2.76 bits per heavy atom. The van der Waals surface area contributed by atoms with E-state index in [1.165, 1.54) is 6.20 Å². The fourth-order valence-electron chi connectivity index (χ4n) is 1.19. The molecule has 0 radical (unpaired) electrons. The van der Waals surface area contributed by atoms with Gasteiger partial charge in [-0.15, -0.1) is 0 Å². The molecule has 0 aliphatic rings. The van der Waals surface area contributed by atoms with Gasteiger partial charge < -0.3 is 0 Å². The summed E-state index contributed by atoms with van der Waals surface area (Å²) in [6.07, 6.45) is 1.75. The van der Waals surface area contributed by atoms with Gasteiger partial charge in [0.15, 0.2) is 5.25 Å². The molecule has 0 saturated carbocycles. The molecule has 0 bridgehead atoms. The predicted octanol–water partition coefficient (Wildman–Crippen LogP) is 2.20. The summed E-state index contributed by atoms with van der Waals surface area (Å²) in [4.78, 5) is 3.93. The first-order valence-corrected chi connectivity index (χ1v) is 7.28. The van der Waals surface area contributed by atoms with Crippen molar-refractivity contribution in [2.45, 2.75) is 25.5 Å². The summed E-state index contributed by atoms with van der Waals surface area (Å²) in [5.74, 6) is 0.222. The largest absolute Gasteiger partial charge is 0.266 e. The molecule has 5 nitrogen and oxygen atoms in total. The lowest BCUT2D eigenvalue weighted by Crippen LogP contribution is -2.26. The Labute approximate surface area is 109 Å². The van der Waals surface area contributed by atoms with Gasteiger partial charge in [-0.25, -0.2) is 13.4 Å². The first-order chi connectivity index (χ1) is 7.90. The number of aryl methyl sites for hydroxylation is 1. The highest BCUT2D eigenvalue weighted by molar-refractivity contribution is 9.10. The number of hydrogen-bond donors (Lipinski definition) is 1. The van der Waals surface area contributed by atoms with E-state index < -0.39 is 15.3 Å². The van der Waals surface area contributed by atoms with Crippen LogP contribution in [0.25, 0.3) is 0 Å². The maximum Gasteiger partial charge on any atom is 0.250 e. The van der Waals surface area contributed by atoms with Crippen LogP contribution in [0.4, 0.5) is 5.82 Å². The first kappa shape index (κ1) is 13.9. The summed E-state index contributed by atoms with van der Waals surface area (Å²) < 4.78 is 26.7. The summed E-state index contributed by atoms with van der Waals surface area (Å²) in [6.45, 7) is 3.47. The third-order valence-electron chi connectivity index (χ3n) is 2.18. The smallest absolute Gasteiger partial charge is 0.250 e. The van der Waals surface area contributed by atoms with Crippen molar-refractivity contribution >= 4 is 31.8 Å². The van der Waals surface area contributed by atoms with Crippen molar-refractivity contribution in [1.82, 2.24) is 4.98 Å². The lowest BCUT2D eigenvalue weighted by atomic mass is 10.3. The maximum absolute atomic E-state index is 11.8. The molecule has 0 fully saturated rings. The van der Waals surface area contributed by atoms with Crippen LogP contribution in [0.3, 0.4) is 0 Å². The van der Waals surface area contributed by atoms with Crippen LogP contribution in [-0.4, -0.2) is 18.7 Å². The van der Waals surface area contributed by atoms with Gasteiger partial charge in [-0.05, 0) is 40.9 Å².